The van der Waals surface area contributed by atoms with Gasteiger partial charge in [0.1, 0.15) is 5.71 Å². The van der Waals surface area contributed by atoms with Crippen molar-refractivity contribution < 1.29 is 9.53 Å². The maximum absolute atomic E-state index is 10.8. The standard InChI is InChI=1S/C7H9NO2/c1-10-7(9)6-4-2-3-5-8-6/h3,5H,2,4H2,1H3. The molecule has 0 atom stereocenters. The lowest BCUT2D eigenvalue weighted by atomic mass is 10.2. The third-order valence-electron chi connectivity index (χ3n) is 1.30. The molecule has 1 heterocycles. The molecule has 0 aromatic carbocycles. The first kappa shape index (κ1) is 6.99. The number of rotatable bonds is 1. The van der Waals surface area contributed by atoms with Crippen molar-refractivity contribution in [3.8, 4) is 0 Å². The van der Waals surface area contributed by atoms with E-state index in [2.05, 4.69) is 9.73 Å². The van der Waals surface area contributed by atoms with Crippen LogP contribution in [0.15, 0.2) is 17.3 Å². The number of allylic oxidation sites excluding steroid dienone is 1. The van der Waals surface area contributed by atoms with Crippen molar-refractivity contribution in [2.75, 3.05) is 7.11 Å². The number of aliphatic imine (C=N–C) groups is 1. The Hall–Kier alpha value is -1.12. The molecule has 0 saturated carbocycles. The molecule has 54 valence electrons. The Morgan fingerprint density at radius 3 is 3.10 bits per heavy atom. The van der Waals surface area contributed by atoms with Crippen molar-refractivity contribution >= 4 is 11.7 Å². The van der Waals surface area contributed by atoms with E-state index in [-0.39, 0.29) is 5.97 Å². The molecule has 0 aliphatic carbocycles. The van der Waals surface area contributed by atoms with Crippen molar-refractivity contribution in [2.24, 2.45) is 4.99 Å². The summed E-state index contributed by atoms with van der Waals surface area (Å²) in [7, 11) is 1.36. The third kappa shape index (κ3) is 1.43. The van der Waals surface area contributed by atoms with E-state index in [9.17, 15) is 4.79 Å². The molecule has 0 aromatic rings. The van der Waals surface area contributed by atoms with Crippen molar-refractivity contribution in [1.82, 2.24) is 0 Å². The van der Waals surface area contributed by atoms with E-state index in [0.29, 0.717) is 12.1 Å². The minimum atomic E-state index is -0.315. The second-order valence-corrected chi connectivity index (χ2v) is 1.99. The number of nitrogens with zero attached hydrogens (tertiary/aromatic N) is 1. The summed E-state index contributed by atoms with van der Waals surface area (Å²) in [6.45, 7) is 0. The molecule has 3 heteroatoms. The van der Waals surface area contributed by atoms with E-state index in [1.165, 1.54) is 7.11 Å². The van der Waals surface area contributed by atoms with Crippen LogP contribution < -0.4 is 0 Å². The van der Waals surface area contributed by atoms with Gasteiger partial charge in [0.15, 0.2) is 0 Å². The molecule has 3 nitrogen and oxygen atoms in total. The van der Waals surface area contributed by atoms with E-state index >= 15 is 0 Å². The monoisotopic (exact) mass is 139 g/mol. The number of hydrogen-bond acceptors (Lipinski definition) is 3. The zero-order chi connectivity index (χ0) is 7.40. The molecule has 0 radical (unpaired) electrons. The van der Waals surface area contributed by atoms with Gasteiger partial charge in [0.2, 0.25) is 0 Å². The average Bonchev–Trinajstić information content (AvgIpc) is 2.05. The zero-order valence-corrected chi connectivity index (χ0v) is 5.83. The largest absolute Gasteiger partial charge is 0.465 e. The molecule has 1 aliphatic rings. The molecule has 0 bridgehead atoms. The summed E-state index contributed by atoms with van der Waals surface area (Å²) in [4.78, 5) is 14.6. The minimum Gasteiger partial charge on any atom is -0.465 e. The highest BCUT2D eigenvalue weighted by atomic mass is 16.5. The van der Waals surface area contributed by atoms with Gasteiger partial charge in [-0.2, -0.15) is 0 Å². The van der Waals surface area contributed by atoms with Crippen LogP contribution in [0.3, 0.4) is 0 Å². The number of methoxy groups -OCH3 is 1. The van der Waals surface area contributed by atoms with E-state index in [1.807, 2.05) is 6.08 Å². The first-order valence-electron chi connectivity index (χ1n) is 3.14. The first-order chi connectivity index (χ1) is 4.84. The summed E-state index contributed by atoms with van der Waals surface area (Å²) in [5.74, 6) is -0.315. The maximum Gasteiger partial charge on any atom is 0.352 e. The Bertz CT molecular complexity index is 194. The van der Waals surface area contributed by atoms with Crippen molar-refractivity contribution in [3.63, 3.8) is 0 Å². The number of carbonyl (C=O) groups is 1. The van der Waals surface area contributed by atoms with E-state index in [0.717, 1.165) is 6.42 Å². The Kier molecular flexibility index (Phi) is 2.20. The predicted molar refractivity (Wildman–Crippen MR) is 37.8 cm³/mol. The molecule has 1 rings (SSSR count). The van der Waals surface area contributed by atoms with Crippen molar-refractivity contribution in [3.05, 3.63) is 12.3 Å². The lowest BCUT2D eigenvalue weighted by Crippen LogP contribution is -2.16. The van der Waals surface area contributed by atoms with E-state index in [4.69, 9.17) is 0 Å². The molecule has 0 spiro atoms. The molecule has 1 aliphatic heterocycles. The summed E-state index contributed by atoms with van der Waals surface area (Å²) >= 11 is 0. The fraction of sp³-hybridized carbons (Fsp3) is 0.429. The van der Waals surface area contributed by atoms with E-state index < -0.39 is 0 Å². The third-order valence-corrected chi connectivity index (χ3v) is 1.30. The van der Waals surface area contributed by atoms with Crippen LogP contribution in [0.4, 0.5) is 0 Å². The fourth-order valence-corrected chi connectivity index (χ4v) is 0.774. The molecule has 0 N–H and O–H groups in total. The highest BCUT2D eigenvalue weighted by Crippen LogP contribution is 2.03. The minimum absolute atomic E-state index is 0.315. The van der Waals surface area contributed by atoms with E-state index in [1.54, 1.807) is 6.20 Å². The second-order valence-electron chi connectivity index (χ2n) is 1.99. The Labute approximate surface area is 59.4 Å². The molecular weight excluding hydrogens is 130 g/mol. The van der Waals surface area contributed by atoms with Gasteiger partial charge in [-0.25, -0.2) is 4.79 Å². The highest BCUT2D eigenvalue weighted by Gasteiger charge is 2.10. The van der Waals surface area contributed by atoms with Crippen LogP contribution in [0.1, 0.15) is 12.8 Å². The summed E-state index contributed by atoms with van der Waals surface area (Å²) < 4.78 is 4.49. The van der Waals surface area contributed by atoms with Gasteiger partial charge in [0, 0.05) is 12.6 Å². The van der Waals surface area contributed by atoms with Gasteiger partial charge in [-0.15, -0.1) is 0 Å². The molecule has 0 amide bonds. The van der Waals surface area contributed by atoms with Gasteiger partial charge < -0.3 is 4.74 Å². The average molecular weight is 139 g/mol. The summed E-state index contributed by atoms with van der Waals surface area (Å²) in [5, 5.41) is 0. The van der Waals surface area contributed by atoms with Gasteiger partial charge in [-0.1, -0.05) is 6.08 Å². The molecule has 10 heavy (non-hydrogen) atoms. The second kappa shape index (κ2) is 3.15. The number of esters is 1. The van der Waals surface area contributed by atoms with Gasteiger partial charge in [0.05, 0.1) is 7.11 Å². The number of ether oxygens (including phenoxy) is 1. The quantitative estimate of drug-likeness (QED) is 0.506. The summed E-state index contributed by atoms with van der Waals surface area (Å²) in [5.41, 5.74) is 0.519. The van der Waals surface area contributed by atoms with Gasteiger partial charge in [-0.05, 0) is 6.42 Å². The van der Waals surface area contributed by atoms with Crippen LogP contribution in [0.5, 0.6) is 0 Å². The highest BCUT2D eigenvalue weighted by molar-refractivity contribution is 6.36. The zero-order valence-electron chi connectivity index (χ0n) is 5.83. The first-order valence-corrected chi connectivity index (χ1v) is 3.14. The van der Waals surface area contributed by atoms with Gasteiger partial charge >= 0.3 is 5.97 Å². The van der Waals surface area contributed by atoms with Crippen molar-refractivity contribution in [2.45, 2.75) is 12.8 Å². The van der Waals surface area contributed by atoms with Gasteiger partial charge in [-0.3, -0.25) is 4.99 Å². The molecule has 0 unspecified atom stereocenters. The van der Waals surface area contributed by atoms with Crippen LogP contribution in [-0.2, 0) is 9.53 Å². The summed E-state index contributed by atoms with van der Waals surface area (Å²) in [6, 6.07) is 0. The van der Waals surface area contributed by atoms with Gasteiger partial charge in [0.25, 0.3) is 0 Å². The Balaban J connectivity index is 2.62. The smallest absolute Gasteiger partial charge is 0.352 e. The van der Waals surface area contributed by atoms with Crippen LogP contribution in [-0.4, -0.2) is 18.8 Å². The van der Waals surface area contributed by atoms with Crippen molar-refractivity contribution in [1.29, 1.82) is 0 Å². The normalized spacial score (nSPS) is 16.3. The number of carbonyl (C=O) groups excluding carboxylic acids is 1. The topological polar surface area (TPSA) is 38.7 Å². The molecule has 0 fully saturated rings. The van der Waals surface area contributed by atoms with Crippen LogP contribution in [0.25, 0.3) is 0 Å². The van der Waals surface area contributed by atoms with Crippen LogP contribution in [0.2, 0.25) is 0 Å². The molecule has 0 saturated heterocycles. The lowest BCUT2D eigenvalue weighted by molar-refractivity contribution is -0.132. The Morgan fingerprint density at radius 1 is 1.80 bits per heavy atom. The summed E-state index contributed by atoms with van der Waals surface area (Å²) in [6.07, 6.45) is 5.14. The Morgan fingerprint density at radius 2 is 2.60 bits per heavy atom. The van der Waals surface area contributed by atoms with Crippen LogP contribution in [0, 0.1) is 0 Å². The number of hydrogen-bond donors (Lipinski definition) is 0. The fourth-order valence-electron chi connectivity index (χ4n) is 0.774. The molecular formula is C7H9NO2. The lowest BCUT2D eigenvalue weighted by Gasteiger charge is -2.03. The molecule has 0 aromatic heterocycles. The SMILES string of the molecule is COC(=O)C1=NC=CCC1. The maximum atomic E-state index is 10.8. The predicted octanol–water partition coefficient (Wildman–Crippen LogP) is 0.908. The van der Waals surface area contributed by atoms with Crippen LogP contribution >= 0.6 is 0 Å².